The van der Waals surface area contributed by atoms with E-state index in [1.54, 1.807) is 0 Å². The fourth-order valence-electron chi connectivity index (χ4n) is 5.34. The van der Waals surface area contributed by atoms with Crippen LogP contribution in [0.2, 0.25) is 0 Å². The summed E-state index contributed by atoms with van der Waals surface area (Å²) in [4.78, 5) is 13.1. The molecule has 1 N–H and O–H groups in total. The van der Waals surface area contributed by atoms with Crippen LogP contribution in [0.15, 0.2) is 91.0 Å². The molecule has 3 rings (SSSR count). The van der Waals surface area contributed by atoms with Crippen LogP contribution in [0.25, 0.3) is 0 Å². The number of benzene rings is 3. The fourth-order valence-corrected chi connectivity index (χ4v) is 10.3. The predicted molar refractivity (Wildman–Crippen MR) is 153 cm³/mol. The van der Waals surface area contributed by atoms with E-state index < -0.39 is 6.83 Å². The molecule has 2 heteroatoms. The summed E-state index contributed by atoms with van der Waals surface area (Å²) in [6, 6.07) is 31.4. The summed E-state index contributed by atoms with van der Waals surface area (Å²) in [5, 5.41) is 3.23. The van der Waals surface area contributed by atoms with Crippen molar-refractivity contribution >= 4 is 22.7 Å². The minimum absolute atomic E-state index is 0.807. The first-order chi connectivity index (χ1) is 16.7. The Morgan fingerprint density at radius 3 is 1.06 bits per heavy atom. The van der Waals surface area contributed by atoms with Gasteiger partial charge in [-0.1, -0.05) is 13.3 Å². The van der Waals surface area contributed by atoms with Crippen LogP contribution in [-0.2, 0) is 0 Å². The Hall–Kier alpha value is -1.95. The summed E-state index contributed by atoms with van der Waals surface area (Å²) in [7, 11) is 0. The van der Waals surface area contributed by atoms with Crippen molar-refractivity contribution in [2.75, 3.05) is 6.16 Å². The summed E-state index contributed by atoms with van der Waals surface area (Å²) in [6.45, 7) is -1.25. The van der Waals surface area contributed by atoms with Crippen molar-refractivity contribution in [2.24, 2.45) is 0 Å². The molecule has 0 unspecified atom stereocenters. The van der Waals surface area contributed by atoms with Gasteiger partial charge in [-0.2, -0.15) is 0 Å². The van der Waals surface area contributed by atoms with E-state index in [1.807, 2.05) is 18.2 Å². The Bertz CT molecular complexity index is 824. The molecule has 184 valence electrons. The van der Waals surface area contributed by atoms with Crippen LogP contribution in [0.3, 0.4) is 0 Å². The summed E-state index contributed by atoms with van der Waals surface area (Å²) in [5.41, 5.74) is 0. The van der Waals surface area contributed by atoms with Gasteiger partial charge in [-0.05, 0) is 0 Å². The molecule has 0 aromatic heterocycles. The standard InChI is InChI=1S/C32H45OP/c1-2-3-4-5-6-7-8-9-10-11-12-22-29-34(33,30-23-16-13-17-24-30,31-25-18-14-19-26-31)32-27-20-15-21-28-32/h13-21,23-28,33H,2-12,22,29H2,1H3. The van der Waals surface area contributed by atoms with E-state index in [1.165, 1.54) is 70.6 Å². The molecule has 0 atom stereocenters. The normalized spacial score (nSPS) is 12.8. The zero-order valence-electron chi connectivity index (χ0n) is 21.2. The molecule has 0 aliphatic rings. The number of hydrogen-bond donors (Lipinski definition) is 1. The Morgan fingerprint density at radius 2 is 0.735 bits per heavy atom. The van der Waals surface area contributed by atoms with Gasteiger partial charge in [0.15, 0.2) is 0 Å². The van der Waals surface area contributed by atoms with Gasteiger partial charge in [0.1, 0.15) is 0 Å². The maximum absolute atomic E-state index is 13.1. The average Bonchev–Trinajstić information content (AvgIpc) is 2.91. The van der Waals surface area contributed by atoms with E-state index >= 15 is 0 Å². The molecule has 0 aliphatic carbocycles. The van der Waals surface area contributed by atoms with Gasteiger partial charge in [0, 0.05) is 0 Å². The molecule has 0 aliphatic heterocycles. The van der Waals surface area contributed by atoms with Crippen molar-refractivity contribution in [1.82, 2.24) is 0 Å². The molecule has 3 aromatic carbocycles. The average molecular weight is 477 g/mol. The quantitative estimate of drug-likeness (QED) is 0.163. The first-order valence-corrected chi connectivity index (χ1v) is 16.0. The summed E-state index contributed by atoms with van der Waals surface area (Å²) in [5.74, 6) is 0. The minimum atomic E-state index is -3.53. The number of rotatable bonds is 16. The second-order valence-corrected chi connectivity index (χ2v) is 14.4. The van der Waals surface area contributed by atoms with Crippen molar-refractivity contribution in [3.05, 3.63) is 91.0 Å². The summed E-state index contributed by atoms with van der Waals surface area (Å²) >= 11 is 0. The molecule has 0 heterocycles. The van der Waals surface area contributed by atoms with Gasteiger partial charge in [-0.15, -0.1) is 0 Å². The van der Waals surface area contributed by atoms with E-state index in [0.29, 0.717) is 0 Å². The molecule has 34 heavy (non-hydrogen) atoms. The molecular formula is C32H45OP. The van der Waals surface area contributed by atoms with Crippen molar-refractivity contribution in [3.8, 4) is 0 Å². The molecular weight excluding hydrogens is 431 g/mol. The van der Waals surface area contributed by atoms with Crippen molar-refractivity contribution < 1.29 is 4.89 Å². The zero-order chi connectivity index (χ0) is 24.0. The van der Waals surface area contributed by atoms with E-state index in [-0.39, 0.29) is 0 Å². The Labute approximate surface area is 208 Å². The third kappa shape index (κ3) is 6.59. The van der Waals surface area contributed by atoms with Gasteiger partial charge in [0.05, 0.1) is 0 Å². The second-order valence-electron chi connectivity index (χ2n) is 9.87. The van der Waals surface area contributed by atoms with Crippen LogP contribution in [0.1, 0.15) is 84.0 Å². The van der Waals surface area contributed by atoms with Crippen molar-refractivity contribution in [3.63, 3.8) is 0 Å². The third-order valence-corrected chi connectivity index (χ3v) is 12.8. The summed E-state index contributed by atoms with van der Waals surface area (Å²) in [6.07, 6.45) is 16.7. The molecule has 0 bridgehead atoms. The zero-order valence-corrected chi connectivity index (χ0v) is 22.1. The second kappa shape index (κ2) is 13.8. The number of hydrogen-bond acceptors (Lipinski definition) is 1. The van der Waals surface area contributed by atoms with Crippen LogP contribution in [0.5, 0.6) is 0 Å². The van der Waals surface area contributed by atoms with Crippen molar-refractivity contribution in [2.45, 2.75) is 84.0 Å². The van der Waals surface area contributed by atoms with Gasteiger partial charge in [-0.25, -0.2) is 0 Å². The maximum atomic E-state index is 13.1. The van der Waals surface area contributed by atoms with Crippen molar-refractivity contribution in [1.29, 1.82) is 0 Å². The van der Waals surface area contributed by atoms with Gasteiger partial charge in [0.2, 0.25) is 0 Å². The Morgan fingerprint density at radius 1 is 0.441 bits per heavy atom. The molecule has 0 saturated carbocycles. The molecule has 0 amide bonds. The van der Waals surface area contributed by atoms with Crippen LogP contribution in [0.4, 0.5) is 0 Å². The van der Waals surface area contributed by atoms with Gasteiger partial charge in [-0.3, -0.25) is 0 Å². The van der Waals surface area contributed by atoms with Gasteiger partial charge >= 0.3 is 195 Å². The molecule has 0 fully saturated rings. The molecule has 3 aromatic rings. The molecule has 0 spiro atoms. The Kier molecular flexibility index (Phi) is 10.8. The van der Waals surface area contributed by atoms with Crippen LogP contribution >= 0.6 is 6.83 Å². The predicted octanol–water partition coefficient (Wildman–Crippen LogP) is 8.12. The van der Waals surface area contributed by atoms with Gasteiger partial charge < -0.3 is 0 Å². The fraction of sp³-hybridized carbons (Fsp3) is 0.438. The monoisotopic (exact) mass is 476 g/mol. The first-order valence-electron chi connectivity index (χ1n) is 13.6. The summed E-state index contributed by atoms with van der Waals surface area (Å²) < 4.78 is 0. The van der Waals surface area contributed by atoms with Crippen LogP contribution in [0, 0.1) is 0 Å². The van der Waals surface area contributed by atoms with E-state index in [0.717, 1.165) is 28.5 Å². The number of unbranched alkanes of at least 4 members (excludes halogenated alkanes) is 11. The van der Waals surface area contributed by atoms with Crippen LogP contribution < -0.4 is 15.9 Å². The third-order valence-electron chi connectivity index (χ3n) is 7.38. The molecule has 0 saturated heterocycles. The van der Waals surface area contributed by atoms with E-state index in [4.69, 9.17) is 0 Å². The molecule has 1 nitrogen and oxygen atoms in total. The van der Waals surface area contributed by atoms with E-state index in [2.05, 4.69) is 79.7 Å². The molecule has 0 radical (unpaired) electrons. The van der Waals surface area contributed by atoms with E-state index in [9.17, 15) is 4.89 Å². The van der Waals surface area contributed by atoms with Gasteiger partial charge in [0.25, 0.3) is 0 Å². The van der Waals surface area contributed by atoms with Crippen LogP contribution in [-0.4, -0.2) is 11.1 Å². The first kappa shape index (κ1) is 26.7. The SMILES string of the molecule is CCCCCCCCCCCCCCP(O)(c1ccccc1)(c1ccccc1)c1ccccc1. The topological polar surface area (TPSA) is 20.2 Å². The Balaban J connectivity index is 1.66.